The van der Waals surface area contributed by atoms with Crippen LogP contribution in [0.2, 0.25) is 0 Å². The molecule has 9 heteroatoms. The number of rotatable bonds is 4. The molecule has 2 fully saturated rings. The van der Waals surface area contributed by atoms with Gasteiger partial charge in [0.2, 0.25) is 0 Å². The summed E-state index contributed by atoms with van der Waals surface area (Å²) in [6.45, 7) is 3.02. The van der Waals surface area contributed by atoms with Crippen molar-refractivity contribution in [3.05, 3.63) is 98.6 Å². The molecule has 7 nitrogen and oxygen atoms in total. The van der Waals surface area contributed by atoms with Crippen LogP contribution in [-0.2, 0) is 11.3 Å². The summed E-state index contributed by atoms with van der Waals surface area (Å²) in [6.07, 6.45) is 2.62. The van der Waals surface area contributed by atoms with Crippen LogP contribution in [0.3, 0.4) is 0 Å². The van der Waals surface area contributed by atoms with Crippen molar-refractivity contribution in [2.24, 2.45) is 0 Å². The fraction of sp³-hybridized carbons (Fsp3) is 0.286. The van der Waals surface area contributed by atoms with Gasteiger partial charge in [0.15, 0.2) is 0 Å². The summed E-state index contributed by atoms with van der Waals surface area (Å²) < 4.78 is 40.0. The Morgan fingerprint density at radius 2 is 2.00 bits per heavy atom. The molecule has 0 saturated carbocycles. The molecule has 2 atom stereocenters. The minimum Gasteiger partial charge on any atom is -0.488 e. The number of nitro benzene ring substituents is 1. The summed E-state index contributed by atoms with van der Waals surface area (Å²) in [5.74, 6) is -0.609. The summed E-state index contributed by atoms with van der Waals surface area (Å²) in [5, 5.41) is 15.4. The standard InChI is InChI=1S/C28H25F2N3O4/c29-18-5-6-22-23(21-2-1-3-25(30)24(21)16-37-28(22)12-18)10-17-4-7-26(27(11-17)33(34)35)31-19-13-20-15-36-9-8-32(20)14-19/h1-7,10-12,19-20,31H,8-9,13-16H2/b23-10+. The van der Waals surface area contributed by atoms with E-state index in [0.717, 1.165) is 19.5 Å². The number of hydrogen-bond acceptors (Lipinski definition) is 6. The van der Waals surface area contributed by atoms with E-state index in [-0.39, 0.29) is 24.1 Å². The van der Waals surface area contributed by atoms with Gasteiger partial charge in [-0.3, -0.25) is 15.0 Å². The Balaban J connectivity index is 1.38. The number of benzene rings is 3. The number of nitro groups is 1. The van der Waals surface area contributed by atoms with Gasteiger partial charge in [0.1, 0.15) is 29.7 Å². The zero-order valence-electron chi connectivity index (χ0n) is 20.0. The fourth-order valence-corrected chi connectivity index (χ4v) is 5.48. The highest BCUT2D eigenvalue weighted by Gasteiger charge is 2.35. The first-order valence-corrected chi connectivity index (χ1v) is 12.3. The highest BCUT2D eigenvalue weighted by atomic mass is 19.1. The molecule has 2 unspecified atom stereocenters. The topological polar surface area (TPSA) is 76.9 Å². The third kappa shape index (κ3) is 4.56. The predicted molar refractivity (Wildman–Crippen MR) is 135 cm³/mol. The highest BCUT2D eigenvalue weighted by molar-refractivity contribution is 5.95. The van der Waals surface area contributed by atoms with Crippen LogP contribution in [0.4, 0.5) is 20.2 Å². The van der Waals surface area contributed by atoms with Crippen LogP contribution < -0.4 is 10.1 Å². The highest BCUT2D eigenvalue weighted by Crippen LogP contribution is 2.40. The van der Waals surface area contributed by atoms with E-state index in [1.165, 1.54) is 24.3 Å². The van der Waals surface area contributed by atoms with E-state index in [1.807, 2.05) is 0 Å². The Morgan fingerprint density at radius 1 is 1.11 bits per heavy atom. The van der Waals surface area contributed by atoms with Crippen molar-refractivity contribution < 1.29 is 23.2 Å². The second-order valence-electron chi connectivity index (χ2n) is 9.59. The van der Waals surface area contributed by atoms with Crippen LogP contribution in [0.1, 0.15) is 28.7 Å². The SMILES string of the molecule is O=[N+]([O-])c1cc(/C=C2/c3ccc(F)cc3OCc3c(F)cccc32)ccc1NC1CC2COCCN2C1. The second-order valence-corrected chi connectivity index (χ2v) is 9.59. The van der Waals surface area contributed by atoms with Gasteiger partial charge >= 0.3 is 0 Å². The number of nitrogens with one attached hydrogen (secondary N) is 1. The van der Waals surface area contributed by atoms with Gasteiger partial charge in [-0.25, -0.2) is 8.78 Å². The Kier molecular flexibility index (Phi) is 6.10. The van der Waals surface area contributed by atoms with Crippen molar-refractivity contribution in [2.75, 3.05) is 31.6 Å². The maximum atomic E-state index is 14.7. The molecule has 3 aliphatic rings. The van der Waals surface area contributed by atoms with Crippen LogP contribution in [0.15, 0.2) is 54.6 Å². The molecule has 3 aliphatic heterocycles. The van der Waals surface area contributed by atoms with Crippen molar-refractivity contribution in [1.29, 1.82) is 0 Å². The summed E-state index contributed by atoms with van der Waals surface area (Å²) in [4.78, 5) is 14.0. The third-order valence-corrected chi connectivity index (χ3v) is 7.26. The van der Waals surface area contributed by atoms with Gasteiger partial charge in [0, 0.05) is 48.4 Å². The van der Waals surface area contributed by atoms with Gasteiger partial charge in [-0.05, 0) is 53.5 Å². The average molecular weight is 506 g/mol. The van der Waals surface area contributed by atoms with Gasteiger partial charge in [0.25, 0.3) is 5.69 Å². The van der Waals surface area contributed by atoms with Crippen molar-refractivity contribution in [3.63, 3.8) is 0 Å². The first kappa shape index (κ1) is 23.6. The van der Waals surface area contributed by atoms with Crippen molar-refractivity contribution in [1.82, 2.24) is 4.90 Å². The molecule has 1 N–H and O–H groups in total. The summed E-state index contributed by atoms with van der Waals surface area (Å²) in [7, 11) is 0. The zero-order chi connectivity index (χ0) is 25.5. The van der Waals surface area contributed by atoms with E-state index < -0.39 is 16.6 Å². The molecule has 0 aliphatic carbocycles. The van der Waals surface area contributed by atoms with Crippen molar-refractivity contribution in [3.8, 4) is 5.75 Å². The molecule has 3 heterocycles. The maximum absolute atomic E-state index is 14.7. The summed E-state index contributed by atoms with van der Waals surface area (Å²) in [6, 6.07) is 14.3. The summed E-state index contributed by atoms with van der Waals surface area (Å²) in [5.41, 5.74) is 3.11. The second kappa shape index (κ2) is 9.57. The fourth-order valence-electron chi connectivity index (χ4n) is 5.48. The normalized spacial score (nSPS) is 21.9. The molecule has 0 spiro atoms. The molecular weight excluding hydrogens is 480 g/mol. The smallest absolute Gasteiger partial charge is 0.292 e. The van der Waals surface area contributed by atoms with Crippen molar-refractivity contribution >= 4 is 23.0 Å². The lowest BCUT2D eigenvalue weighted by atomic mass is 9.92. The minimum atomic E-state index is -0.467. The van der Waals surface area contributed by atoms with Gasteiger partial charge < -0.3 is 14.8 Å². The summed E-state index contributed by atoms with van der Waals surface area (Å²) >= 11 is 0. The number of morpholine rings is 1. The lowest BCUT2D eigenvalue weighted by Crippen LogP contribution is -2.40. The maximum Gasteiger partial charge on any atom is 0.292 e. The van der Waals surface area contributed by atoms with Crippen LogP contribution in [0.5, 0.6) is 5.75 Å². The molecule has 37 heavy (non-hydrogen) atoms. The Bertz CT molecular complexity index is 1400. The van der Waals surface area contributed by atoms with E-state index in [1.54, 1.807) is 36.4 Å². The van der Waals surface area contributed by atoms with Crippen LogP contribution >= 0.6 is 0 Å². The number of hydrogen-bond donors (Lipinski definition) is 1. The number of fused-ring (bicyclic) bond motifs is 3. The van der Waals surface area contributed by atoms with E-state index in [9.17, 15) is 18.9 Å². The number of nitrogens with zero attached hydrogens (tertiary/aromatic N) is 2. The van der Waals surface area contributed by atoms with E-state index in [0.29, 0.717) is 52.8 Å². The van der Waals surface area contributed by atoms with E-state index >= 15 is 0 Å². The van der Waals surface area contributed by atoms with E-state index in [2.05, 4.69) is 10.2 Å². The number of halogens is 2. The molecule has 0 amide bonds. The molecule has 0 aromatic heterocycles. The largest absolute Gasteiger partial charge is 0.488 e. The predicted octanol–water partition coefficient (Wildman–Crippen LogP) is 5.24. The quantitative estimate of drug-likeness (QED) is 0.386. The third-order valence-electron chi connectivity index (χ3n) is 7.26. The molecular formula is C28H25F2N3O4. The molecule has 0 radical (unpaired) electrons. The van der Waals surface area contributed by atoms with Crippen LogP contribution in [-0.4, -0.2) is 48.2 Å². The number of ether oxygens (including phenoxy) is 2. The van der Waals surface area contributed by atoms with Gasteiger partial charge in [0.05, 0.1) is 18.1 Å². The lowest BCUT2D eigenvalue weighted by Gasteiger charge is -2.28. The zero-order valence-corrected chi connectivity index (χ0v) is 20.0. The molecule has 3 aromatic rings. The average Bonchev–Trinajstić information content (AvgIpc) is 3.23. The molecule has 2 saturated heterocycles. The molecule has 190 valence electrons. The van der Waals surface area contributed by atoms with Crippen LogP contribution in [0, 0.1) is 21.7 Å². The van der Waals surface area contributed by atoms with Crippen molar-refractivity contribution in [2.45, 2.75) is 25.1 Å². The minimum absolute atomic E-state index is 0.0425. The first-order chi connectivity index (χ1) is 18.0. The monoisotopic (exact) mass is 505 g/mol. The molecule has 0 bridgehead atoms. The Labute approximate surface area is 212 Å². The first-order valence-electron chi connectivity index (χ1n) is 12.3. The molecule has 3 aromatic carbocycles. The molecule has 6 rings (SSSR count). The van der Waals surface area contributed by atoms with Gasteiger partial charge in [-0.2, -0.15) is 0 Å². The van der Waals surface area contributed by atoms with Crippen LogP contribution in [0.25, 0.3) is 11.6 Å². The van der Waals surface area contributed by atoms with Gasteiger partial charge in [-0.1, -0.05) is 18.2 Å². The Hall–Kier alpha value is -3.82. The Morgan fingerprint density at radius 3 is 2.84 bits per heavy atom. The number of anilines is 1. The van der Waals surface area contributed by atoms with Gasteiger partial charge in [-0.15, -0.1) is 0 Å². The lowest BCUT2D eigenvalue weighted by molar-refractivity contribution is -0.384. The van der Waals surface area contributed by atoms with E-state index in [4.69, 9.17) is 9.47 Å².